The summed E-state index contributed by atoms with van der Waals surface area (Å²) in [7, 11) is 0. The van der Waals surface area contributed by atoms with Crippen molar-refractivity contribution in [3.05, 3.63) is 35.1 Å². The van der Waals surface area contributed by atoms with Crippen LogP contribution >= 0.6 is 0 Å². The van der Waals surface area contributed by atoms with Gasteiger partial charge in [0.2, 0.25) is 0 Å². The molecule has 1 N–H and O–H groups in total. The first-order valence-electron chi connectivity index (χ1n) is 6.38. The maximum atomic E-state index is 13.6. The number of cyclic esters (lactones) is 2. The van der Waals surface area contributed by atoms with Crippen LogP contribution in [0.5, 0.6) is 0 Å². The van der Waals surface area contributed by atoms with Crippen molar-refractivity contribution in [3.63, 3.8) is 0 Å². The number of carbonyl (C=O) groups is 2. The third kappa shape index (κ3) is 3.15. The van der Waals surface area contributed by atoms with Crippen LogP contribution in [0, 0.1) is 5.92 Å². The van der Waals surface area contributed by atoms with E-state index in [9.17, 15) is 27.9 Å². The van der Waals surface area contributed by atoms with Crippen molar-refractivity contribution in [1.29, 1.82) is 0 Å². The Labute approximate surface area is 123 Å². The summed E-state index contributed by atoms with van der Waals surface area (Å²) in [6, 6.07) is 0. The third-order valence-electron chi connectivity index (χ3n) is 3.11. The zero-order valence-corrected chi connectivity index (χ0v) is 11.7. The number of hydrogen-bond donors (Lipinski definition) is 1. The van der Waals surface area contributed by atoms with Crippen LogP contribution in [0.2, 0.25) is 0 Å². The largest absolute Gasteiger partial charge is 0.511 e. The van der Waals surface area contributed by atoms with Crippen molar-refractivity contribution in [2.45, 2.75) is 32.2 Å². The van der Waals surface area contributed by atoms with Crippen molar-refractivity contribution in [3.8, 4) is 0 Å². The van der Waals surface area contributed by atoms with Gasteiger partial charge in [0, 0.05) is 26.2 Å². The van der Waals surface area contributed by atoms with Gasteiger partial charge in [-0.05, 0) is 12.2 Å². The molecule has 0 saturated carbocycles. The molecule has 0 spiro atoms. The van der Waals surface area contributed by atoms with Crippen LogP contribution in [0.3, 0.4) is 0 Å². The number of esters is 2. The Bertz CT molecular complexity index is 596. The molecule has 120 valence electrons. The summed E-state index contributed by atoms with van der Waals surface area (Å²) in [6.07, 6.45) is -1.44. The zero-order chi connectivity index (χ0) is 16.7. The smallest absolute Gasteiger partial charge is 0.352 e. The van der Waals surface area contributed by atoms with Crippen LogP contribution in [0.4, 0.5) is 13.2 Å². The summed E-state index contributed by atoms with van der Waals surface area (Å²) in [5, 5.41) is 9.85. The Hall–Kier alpha value is -2.25. The quantitative estimate of drug-likeness (QED) is 0.367. The van der Waals surface area contributed by atoms with Gasteiger partial charge in [0.25, 0.3) is 5.79 Å². The molecular formula is C14H13F3O5. The molecule has 5 nitrogen and oxygen atoms in total. The first kappa shape index (κ1) is 16.1. The lowest BCUT2D eigenvalue weighted by molar-refractivity contribution is -0.222. The topological polar surface area (TPSA) is 72.8 Å². The van der Waals surface area contributed by atoms with Gasteiger partial charge in [0.15, 0.2) is 17.2 Å². The normalized spacial score (nSPS) is 27.6. The van der Waals surface area contributed by atoms with Gasteiger partial charge >= 0.3 is 11.9 Å². The molecule has 0 bridgehead atoms. The number of hydrogen-bond acceptors (Lipinski definition) is 5. The second-order valence-electron chi connectivity index (χ2n) is 5.34. The molecule has 1 aliphatic carbocycles. The molecule has 2 rings (SSSR count). The van der Waals surface area contributed by atoms with Crippen molar-refractivity contribution in [1.82, 2.24) is 0 Å². The number of aliphatic hydroxyl groups excluding tert-OH is 1. The minimum Gasteiger partial charge on any atom is -0.511 e. The summed E-state index contributed by atoms with van der Waals surface area (Å²) in [6.45, 7) is 2.64. The summed E-state index contributed by atoms with van der Waals surface area (Å²) < 4.78 is 49.2. The molecule has 0 aromatic rings. The monoisotopic (exact) mass is 318 g/mol. The van der Waals surface area contributed by atoms with E-state index in [4.69, 9.17) is 9.47 Å². The van der Waals surface area contributed by atoms with Gasteiger partial charge in [-0.1, -0.05) is 0 Å². The highest BCUT2D eigenvalue weighted by Gasteiger charge is 2.41. The average molecular weight is 318 g/mol. The molecular weight excluding hydrogens is 305 g/mol. The number of rotatable bonds is 2. The number of alkyl halides is 1. The van der Waals surface area contributed by atoms with E-state index < -0.39 is 59.2 Å². The highest BCUT2D eigenvalue weighted by atomic mass is 19.2. The Balaban J connectivity index is 2.23. The van der Waals surface area contributed by atoms with Crippen LogP contribution in [0.25, 0.3) is 0 Å². The van der Waals surface area contributed by atoms with E-state index >= 15 is 0 Å². The maximum absolute atomic E-state index is 13.6. The van der Waals surface area contributed by atoms with Gasteiger partial charge in [-0.25, -0.2) is 22.8 Å². The molecule has 1 fully saturated rings. The van der Waals surface area contributed by atoms with Crippen LogP contribution in [0.1, 0.15) is 20.3 Å². The Morgan fingerprint density at radius 2 is 1.68 bits per heavy atom. The minimum absolute atomic E-state index is 0.415. The van der Waals surface area contributed by atoms with Gasteiger partial charge in [-0.2, -0.15) is 0 Å². The highest BCUT2D eigenvalue weighted by molar-refractivity contribution is 6.15. The maximum Gasteiger partial charge on any atom is 0.352 e. The van der Waals surface area contributed by atoms with E-state index in [2.05, 4.69) is 0 Å². The molecule has 2 atom stereocenters. The van der Waals surface area contributed by atoms with Gasteiger partial charge in [0.1, 0.15) is 11.9 Å². The van der Waals surface area contributed by atoms with Crippen LogP contribution in [0.15, 0.2) is 35.1 Å². The molecule has 0 aromatic carbocycles. The van der Waals surface area contributed by atoms with Crippen LogP contribution in [-0.4, -0.2) is 29.0 Å². The SMILES string of the molecule is CC1(C)OC(=O)C(=C(O)CC2C=C(F)C(F)=CC2F)C(=O)O1. The van der Waals surface area contributed by atoms with Crippen molar-refractivity contribution < 1.29 is 37.3 Å². The third-order valence-corrected chi connectivity index (χ3v) is 3.11. The summed E-state index contributed by atoms with van der Waals surface area (Å²) in [4.78, 5) is 23.4. The first-order valence-corrected chi connectivity index (χ1v) is 6.38. The number of aliphatic hydroxyl groups is 1. The highest BCUT2D eigenvalue weighted by Crippen LogP contribution is 2.32. The molecule has 1 saturated heterocycles. The van der Waals surface area contributed by atoms with E-state index in [1.165, 1.54) is 13.8 Å². The Kier molecular flexibility index (Phi) is 4.04. The van der Waals surface area contributed by atoms with Crippen molar-refractivity contribution in [2.24, 2.45) is 5.92 Å². The number of carbonyl (C=O) groups excluding carboxylic acids is 2. The summed E-state index contributed by atoms with van der Waals surface area (Å²) in [5.74, 6) is -8.42. The lowest BCUT2D eigenvalue weighted by Crippen LogP contribution is -2.42. The molecule has 2 unspecified atom stereocenters. The van der Waals surface area contributed by atoms with Crippen LogP contribution < -0.4 is 0 Å². The molecule has 0 amide bonds. The Morgan fingerprint density at radius 3 is 2.23 bits per heavy atom. The fraction of sp³-hybridized carbons (Fsp3) is 0.429. The van der Waals surface area contributed by atoms with Gasteiger partial charge < -0.3 is 14.6 Å². The summed E-state index contributed by atoms with van der Waals surface area (Å²) >= 11 is 0. The molecule has 8 heteroatoms. The van der Waals surface area contributed by atoms with E-state index in [-0.39, 0.29) is 0 Å². The number of ether oxygens (including phenoxy) is 2. The van der Waals surface area contributed by atoms with Crippen molar-refractivity contribution in [2.75, 3.05) is 0 Å². The van der Waals surface area contributed by atoms with Crippen molar-refractivity contribution >= 4 is 11.9 Å². The fourth-order valence-corrected chi connectivity index (χ4v) is 2.09. The fourth-order valence-electron chi connectivity index (χ4n) is 2.09. The number of allylic oxidation sites excluding steroid dienone is 5. The second kappa shape index (κ2) is 5.51. The van der Waals surface area contributed by atoms with E-state index in [1.54, 1.807) is 0 Å². The molecule has 22 heavy (non-hydrogen) atoms. The predicted molar refractivity (Wildman–Crippen MR) is 67.3 cm³/mol. The standard InChI is InChI=1S/C14H13F3O5/c1-14(2)21-12(19)11(13(20)22-14)10(18)4-6-3-8(16)9(17)5-7(6)15/h3,5-7,18H,4H2,1-2H3. The molecule has 0 radical (unpaired) electrons. The van der Waals surface area contributed by atoms with Gasteiger partial charge in [-0.3, -0.25) is 0 Å². The molecule has 2 aliphatic rings. The first-order chi connectivity index (χ1) is 10.1. The number of halogens is 3. The van der Waals surface area contributed by atoms with E-state index in [0.29, 0.717) is 12.2 Å². The zero-order valence-electron chi connectivity index (χ0n) is 11.7. The average Bonchev–Trinajstić information content (AvgIpc) is 2.33. The Morgan fingerprint density at radius 1 is 1.18 bits per heavy atom. The molecule has 1 heterocycles. The molecule has 1 aliphatic heterocycles. The van der Waals surface area contributed by atoms with Gasteiger partial charge in [0.05, 0.1) is 0 Å². The van der Waals surface area contributed by atoms with E-state index in [0.717, 1.165) is 0 Å². The van der Waals surface area contributed by atoms with E-state index in [1.807, 2.05) is 0 Å². The lowest BCUT2D eigenvalue weighted by atomic mass is 9.92. The van der Waals surface area contributed by atoms with Crippen LogP contribution in [-0.2, 0) is 19.1 Å². The predicted octanol–water partition coefficient (Wildman–Crippen LogP) is 2.70. The second-order valence-corrected chi connectivity index (χ2v) is 5.34. The minimum atomic E-state index is -1.91. The van der Waals surface area contributed by atoms with Gasteiger partial charge in [-0.15, -0.1) is 0 Å². The summed E-state index contributed by atoms with van der Waals surface area (Å²) in [5.41, 5.74) is -0.782. The molecule has 0 aromatic heterocycles. The lowest BCUT2D eigenvalue weighted by Gasteiger charge is -2.30.